The van der Waals surface area contributed by atoms with Crippen LogP contribution in [0.25, 0.3) is 0 Å². The van der Waals surface area contributed by atoms with E-state index in [2.05, 4.69) is 45.8 Å². The predicted octanol–water partition coefficient (Wildman–Crippen LogP) is -0.419. The number of alkyl halides is 1. The highest BCUT2D eigenvalue weighted by Gasteiger charge is 2.26. The van der Waals surface area contributed by atoms with Crippen molar-refractivity contribution in [1.82, 2.24) is 9.13 Å². The van der Waals surface area contributed by atoms with E-state index >= 15 is 0 Å². The summed E-state index contributed by atoms with van der Waals surface area (Å²) in [4.78, 5) is 0. The van der Waals surface area contributed by atoms with Gasteiger partial charge in [-0.3, -0.25) is 9.13 Å². The molecule has 7 heavy (non-hydrogen) atoms. The maximum Gasteiger partial charge on any atom is 0.176 e. The van der Waals surface area contributed by atoms with E-state index < -0.39 is 0 Å². The Morgan fingerprint density at radius 3 is 1.86 bits per heavy atom. The van der Waals surface area contributed by atoms with Gasteiger partial charge in [0.05, 0.1) is 0 Å². The van der Waals surface area contributed by atoms with E-state index in [1.807, 2.05) is 0 Å². The Labute approximate surface area is 60.0 Å². The Bertz CT molecular complexity index is 71.3. The first kappa shape index (κ1) is 5.99. The summed E-state index contributed by atoms with van der Waals surface area (Å²) in [5, 5.41) is 0. The molecule has 0 amide bonds. The molecule has 0 radical (unpaired) electrons. The lowest BCUT2D eigenvalue weighted by Crippen LogP contribution is -2.59. The normalized spacial score (nSPS) is 39.0. The molecule has 1 saturated heterocycles. The van der Waals surface area contributed by atoms with Crippen LogP contribution in [-0.4, -0.2) is 37.2 Å². The van der Waals surface area contributed by atoms with Crippen LogP contribution in [0.2, 0.25) is 0 Å². The SMILES string of the molecule is CN1[SiH2]N(C)C1I. The van der Waals surface area contributed by atoms with Crippen molar-refractivity contribution in [3.8, 4) is 0 Å². The predicted molar refractivity (Wildman–Crippen MR) is 41.9 cm³/mol. The molecule has 1 aliphatic heterocycles. The maximum absolute atomic E-state index is 2.43. The first-order chi connectivity index (χ1) is 3.22. The second kappa shape index (κ2) is 2.00. The molecule has 0 N–H and O–H groups in total. The van der Waals surface area contributed by atoms with Gasteiger partial charge in [-0.25, -0.2) is 0 Å². The quantitative estimate of drug-likeness (QED) is 0.240. The average molecular weight is 228 g/mol. The molecular weight excluding hydrogens is 219 g/mol. The van der Waals surface area contributed by atoms with Gasteiger partial charge in [0.2, 0.25) is 0 Å². The van der Waals surface area contributed by atoms with Crippen LogP contribution in [0.4, 0.5) is 0 Å². The highest BCUT2D eigenvalue weighted by Crippen LogP contribution is 2.16. The molecule has 42 valence electrons. The minimum absolute atomic E-state index is 0.0654. The van der Waals surface area contributed by atoms with E-state index in [9.17, 15) is 0 Å². The van der Waals surface area contributed by atoms with E-state index in [-0.39, 0.29) is 9.84 Å². The van der Waals surface area contributed by atoms with E-state index in [1.165, 1.54) is 0 Å². The zero-order chi connectivity index (χ0) is 5.44. The van der Waals surface area contributed by atoms with Gasteiger partial charge in [0.15, 0.2) is 9.84 Å². The molecule has 2 nitrogen and oxygen atoms in total. The molecule has 4 heteroatoms. The van der Waals surface area contributed by atoms with Gasteiger partial charge >= 0.3 is 0 Å². The van der Waals surface area contributed by atoms with Crippen LogP contribution in [0.15, 0.2) is 0 Å². The number of hydrogen-bond acceptors (Lipinski definition) is 2. The fraction of sp³-hybridized carbons (Fsp3) is 1.00. The summed E-state index contributed by atoms with van der Waals surface area (Å²) in [7, 11) is 4.43. The van der Waals surface area contributed by atoms with Gasteiger partial charge in [-0.05, 0) is 36.7 Å². The molecule has 0 bridgehead atoms. The Hall–Kier alpha value is 0.867. The third kappa shape index (κ3) is 0.982. The highest BCUT2D eigenvalue weighted by molar-refractivity contribution is 14.1. The van der Waals surface area contributed by atoms with E-state index in [0.717, 1.165) is 0 Å². The van der Waals surface area contributed by atoms with Gasteiger partial charge in [0, 0.05) is 0 Å². The highest BCUT2D eigenvalue weighted by atomic mass is 127. The van der Waals surface area contributed by atoms with Crippen LogP contribution >= 0.6 is 22.6 Å². The summed E-state index contributed by atoms with van der Waals surface area (Å²) in [6, 6.07) is 0. The number of hydrogen-bond donors (Lipinski definition) is 0. The fourth-order valence-corrected chi connectivity index (χ4v) is 3.01. The number of rotatable bonds is 0. The Balaban J connectivity index is 2.29. The molecule has 0 aromatic heterocycles. The summed E-state index contributed by atoms with van der Waals surface area (Å²) in [5.74, 6) is 0. The molecule has 0 aliphatic carbocycles. The summed E-state index contributed by atoms with van der Waals surface area (Å²) in [5.41, 5.74) is 0. The lowest BCUT2D eigenvalue weighted by molar-refractivity contribution is 0.248. The van der Waals surface area contributed by atoms with Crippen LogP contribution in [-0.2, 0) is 0 Å². The van der Waals surface area contributed by atoms with Crippen LogP contribution in [0.1, 0.15) is 0 Å². The Morgan fingerprint density at radius 2 is 1.86 bits per heavy atom. The summed E-state index contributed by atoms with van der Waals surface area (Å²) >= 11 is 2.43. The van der Waals surface area contributed by atoms with Gasteiger partial charge < -0.3 is 0 Å². The molecule has 1 rings (SSSR count). The smallest absolute Gasteiger partial charge is 0.176 e. The zero-order valence-corrected chi connectivity index (χ0v) is 8.13. The van der Waals surface area contributed by atoms with Crippen LogP contribution in [0, 0.1) is 0 Å². The van der Waals surface area contributed by atoms with Gasteiger partial charge in [-0.2, -0.15) is 0 Å². The lowest BCUT2D eigenvalue weighted by atomic mass is 11.0. The van der Waals surface area contributed by atoms with Crippen molar-refractivity contribution in [2.45, 2.75) is 4.17 Å². The minimum atomic E-state index is 0.0654. The monoisotopic (exact) mass is 228 g/mol. The van der Waals surface area contributed by atoms with Gasteiger partial charge in [0.25, 0.3) is 0 Å². The lowest BCUT2D eigenvalue weighted by Gasteiger charge is -2.43. The van der Waals surface area contributed by atoms with Crippen molar-refractivity contribution in [1.29, 1.82) is 0 Å². The third-order valence-corrected chi connectivity index (χ3v) is 6.15. The van der Waals surface area contributed by atoms with Gasteiger partial charge in [0.1, 0.15) is 4.17 Å². The molecule has 0 atom stereocenters. The Kier molecular flexibility index (Phi) is 1.71. The first-order valence-electron chi connectivity index (χ1n) is 2.26. The molecule has 1 heterocycles. The van der Waals surface area contributed by atoms with Crippen molar-refractivity contribution in [2.75, 3.05) is 14.1 Å². The molecule has 1 aliphatic rings. The van der Waals surface area contributed by atoms with Crippen molar-refractivity contribution < 1.29 is 0 Å². The minimum Gasteiger partial charge on any atom is -0.296 e. The summed E-state index contributed by atoms with van der Waals surface area (Å²) in [6.45, 7) is 0. The second-order valence-electron chi connectivity index (χ2n) is 1.97. The fourth-order valence-electron chi connectivity index (χ4n) is 0.727. The van der Waals surface area contributed by atoms with E-state index in [0.29, 0.717) is 4.17 Å². The third-order valence-electron chi connectivity index (χ3n) is 1.17. The summed E-state index contributed by atoms with van der Waals surface area (Å²) < 4.78 is 5.53. The number of halogens is 1. The Morgan fingerprint density at radius 1 is 1.43 bits per heavy atom. The van der Waals surface area contributed by atoms with Crippen LogP contribution in [0.5, 0.6) is 0 Å². The van der Waals surface area contributed by atoms with Gasteiger partial charge in [-0.15, -0.1) is 0 Å². The standard InChI is InChI=1S/C3H9IN2Si/c1-5-3(4)6(2)7-5/h3H,7H2,1-2H3. The van der Waals surface area contributed by atoms with Crippen LogP contribution in [0.3, 0.4) is 0 Å². The molecule has 0 saturated carbocycles. The van der Waals surface area contributed by atoms with Crippen molar-refractivity contribution in [3.05, 3.63) is 0 Å². The zero-order valence-electron chi connectivity index (χ0n) is 4.56. The summed E-state index contributed by atoms with van der Waals surface area (Å²) in [6.07, 6.45) is 0. The second-order valence-corrected chi connectivity index (χ2v) is 5.36. The van der Waals surface area contributed by atoms with Crippen molar-refractivity contribution in [3.63, 3.8) is 0 Å². The first-order valence-corrected chi connectivity index (χ1v) is 4.77. The van der Waals surface area contributed by atoms with Crippen molar-refractivity contribution in [2.24, 2.45) is 0 Å². The molecule has 0 aromatic rings. The van der Waals surface area contributed by atoms with Crippen LogP contribution < -0.4 is 0 Å². The average Bonchev–Trinajstić information content (AvgIpc) is 1.68. The molecular formula is C3H9IN2Si. The maximum atomic E-state index is 2.43. The largest absolute Gasteiger partial charge is 0.296 e. The van der Waals surface area contributed by atoms with Crippen molar-refractivity contribution >= 4 is 32.4 Å². The molecule has 1 fully saturated rings. The molecule has 0 spiro atoms. The van der Waals surface area contributed by atoms with E-state index in [4.69, 9.17) is 0 Å². The number of nitrogens with zero attached hydrogens (tertiary/aromatic N) is 2. The molecule has 0 aromatic carbocycles. The topological polar surface area (TPSA) is 6.48 Å². The van der Waals surface area contributed by atoms with E-state index in [1.54, 1.807) is 0 Å². The molecule has 0 unspecified atom stereocenters. The van der Waals surface area contributed by atoms with Gasteiger partial charge in [-0.1, -0.05) is 0 Å².